The van der Waals surface area contributed by atoms with Crippen LogP contribution in [0.4, 0.5) is 0 Å². The van der Waals surface area contributed by atoms with Crippen LogP contribution in [0.3, 0.4) is 0 Å². The Morgan fingerprint density at radius 3 is 2.67 bits per heavy atom. The van der Waals surface area contributed by atoms with Crippen LogP contribution in [0.25, 0.3) is 0 Å². The molecule has 0 heterocycles. The molecule has 0 aromatic heterocycles. The topological polar surface area (TPSA) is 55.1 Å². The van der Waals surface area contributed by atoms with Crippen LogP contribution in [0.2, 0.25) is 5.02 Å². The Morgan fingerprint density at radius 2 is 2.05 bits per heavy atom. The van der Waals surface area contributed by atoms with Gasteiger partial charge in [-0.05, 0) is 43.9 Å². The predicted octanol–water partition coefficient (Wildman–Crippen LogP) is 3.53. The fourth-order valence-electron chi connectivity index (χ4n) is 1.71. The number of hydrogen-bond acceptors (Lipinski definition) is 4. The first-order chi connectivity index (χ1) is 9.99. The van der Waals surface area contributed by atoms with E-state index in [0.29, 0.717) is 17.2 Å². The van der Waals surface area contributed by atoms with Gasteiger partial charge in [0.05, 0.1) is 11.0 Å². The summed E-state index contributed by atoms with van der Waals surface area (Å²) in [5.41, 5.74) is 6.98. The van der Waals surface area contributed by atoms with E-state index < -0.39 is 6.04 Å². The monoisotopic (exact) mass is 344 g/mol. The fraction of sp³-hybridized carbons (Fsp3) is 0.467. The lowest BCUT2D eigenvalue weighted by Crippen LogP contribution is -2.28. The Hall–Kier alpha value is -0.620. The molecule has 0 saturated heterocycles. The average molecular weight is 345 g/mol. The largest absolute Gasteiger partial charge is 0.380 e. The molecule has 3 nitrogen and oxygen atoms in total. The smallest absolute Gasteiger partial charge is 0.205 e. The summed E-state index contributed by atoms with van der Waals surface area (Å²) in [6, 6.07) is 7.11. The van der Waals surface area contributed by atoms with E-state index in [2.05, 4.69) is 5.32 Å². The van der Waals surface area contributed by atoms with Crippen molar-refractivity contribution in [3.05, 3.63) is 34.9 Å². The van der Waals surface area contributed by atoms with E-state index in [1.807, 2.05) is 31.2 Å². The van der Waals surface area contributed by atoms with Crippen LogP contribution in [-0.2, 0) is 10.5 Å². The van der Waals surface area contributed by atoms with Crippen LogP contribution in [0, 0.1) is 0 Å². The van der Waals surface area contributed by atoms with Crippen LogP contribution in [0.5, 0.6) is 0 Å². The predicted molar refractivity (Wildman–Crippen MR) is 95.9 cm³/mol. The average Bonchev–Trinajstić information content (AvgIpc) is 2.45. The Balaban J connectivity index is 2.18. The molecule has 6 heteroatoms. The molecular formula is C15H21ClN2OS2. The highest BCUT2D eigenvalue weighted by atomic mass is 35.5. The van der Waals surface area contributed by atoms with Crippen molar-refractivity contribution in [3.63, 3.8) is 0 Å². The first kappa shape index (κ1) is 18.4. The molecule has 1 unspecified atom stereocenters. The zero-order chi connectivity index (χ0) is 15.7. The van der Waals surface area contributed by atoms with Gasteiger partial charge in [-0.3, -0.25) is 4.79 Å². The number of carbonyl (C=O) groups is 1. The fourth-order valence-corrected chi connectivity index (χ4v) is 2.78. The summed E-state index contributed by atoms with van der Waals surface area (Å²) in [7, 11) is 0. The van der Waals surface area contributed by atoms with E-state index >= 15 is 0 Å². The van der Waals surface area contributed by atoms with Crippen molar-refractivity contribution in [1.29, 1.82) is 0 Å². The maximum atomic E-state index is 11.9. The maximum absolute atomic E-state index is 11.9. The van der Waals surface area contributed by atoms with Gasteiger partial charge in [0.15, 0.2) is 0 Å². The summed E-state index contributed by atoms with van der Waals surface area (Å²) in [6.07, 6.45) is 2.60. The number of thiocarbonyl (C=S) groups is 1. The molecule has 0 bridgehead atoms. The van der Waals surface area contributed by atoms with Gasteiger partial charge in [0.1, 0.15) is 0 Å². The lowest BCUT2D eigenvalue weighted by Gasteiger charge is -2.10. The van der Waals surface area contributed by atoms with Gasteiger partial charge in [0, 0.05) is 17.3 Å². The normalized spacial score (nSPS) is 12.0. The van der Waals surface area contributed by atoms with Gasteiger partial charge >= 0.3 is 0 Å². The van der Waals surface area contributed by atoms with Crippen LogP contribution in [0.1, 0.15) is 31.7 Å². The molecule has 21 heavy (non-hydrogen) atoms. The van der Waals surface area contributed by atoms with Gasteiger partial charge in [-0.25, -0.2) is 0 Å². The van der Waals surface area contributed by atoms with Crippen molar-refractivity contribution in [2.45, 2.75) is 38.0 Å². The highest BCUT2D eigenvalue weighted by molar-refractivity contribution is 8.13. The van der Waals surface area contributed by atoms with E-state index in [-0.39, 0.29) is 5.12 Å². The summed E-state index contributed by atoms with van der Waals surface area (Å²) >= 11 is 12.0. The standard InChI is InChI=1S/C15H21ClN2OS2/c1-11(20)18-9-3-2-4-14(17)15(19)21-10-12-5-7-13(16)8-6-12/h5-8,14H,2-4,9-10,17H2,1H3,(H,18,20). The van der Waals surface area contributed by atoms with Crippen LogP contribution in [-0.4, -0.2) is 22.7 Å². The lowest BCUT2D eigenvalue weighted by molar-refractivity contribution is -0.112. The van der Waals surface area contributed by atoms with Gasteiger partial charge in [0.25, 0.3) is 0 Å². The van der Waals surface area contributed by atoms with Gasteiger partial charge in [0.2, 0.25) is 5.12 Å². The summed E-state index contributed by atoms with van der Waals surface area (Å²) in [6.45, 7) is 2.70. The molecule has 1 aromatic carbocycles. The Morgan fingerprint density at radius 1 is 1.38 bits per heavy atom. The van der Waals surface area contributed by atoms with Crippen molar-refractivity contribution < 1.29 is 4.79 Å². The Kier molecular flexibility index (Phi) is 8.92. The molecule has 1 rings (SSSR count). The zero-order valence-electron chi connectivity index (χ0n) is 12.1. The van der Waals surface area contributed by atoms with E-state index in [1.54, 1.807) is 0 Å². The number of thioether (sulfide) groups is 1. The molecule has 0 saturated carbocycles. The Bertz CT molecular complexity index is 465. The number of carbonyl (C=O) groups excluding carboxylic acids is 1. The Labute approximate surface area is 141 Å². The molecular weight excluding hydrogens is 324 g/mol. The van der Waals surface area contributed by atoms with Gasteiger partial charge in [-0.1, -0.05) is 47.7 Å². The minimum Gasteiger partial charge on any atom is -0.380 e. The quantitative estimate of drug-likeness (QED) is 0.558. The second-order valence-corrected chi connectivity index (χ2v) is 6.85. The molecule has 0 radical (unpaired) electrons. The number of benzene rings is 1. The minimum absolute atomic E-state index is 0.0453. The third-order valence-electron chi connectivity index (χ3n) is 2.91. The third kappa shape index (κ3) is 8.41. The highest BCUT2D eigenvalue weighted by Crippen LogP contribution is 2.18. The molecule has 0 aliphatic carbocycles. The van der Waals surface area contributed by atoms with Gasteiger partial charge < -0.3 is 11.1 Å². The molecule has 116 valence electrons. The molecule has 0 spiro atoms. The van der Waals surface area contributed by atoms with E-state index in [4.69, 9.17) is 29.6 Å². The van der Waals surface area contributed by atoms with Crippen molar-refractivity contribution in [2.75, 3.05) is 6.54 Å². The number of nitrogens with two attached hydrogens (primary N) is 1. The minimum atomic E-state index is -0.393. The molecule has 0 fully saturated rings. The molecule has 1 atom stereocenters. The number of hydrogen-bond donors (Lipinski definition) is 2. The van der Waals surface area contributed by atoms with Gasteiger partial charge in [-0.15, -0.1) is 0 Å². The van der Waals surface area contributed by atoms with E-state index in [9.17, 15) is 4.79 Å². The van der Waals surface area contributed by atoms with Crippen molar-refractivity contribution in [1.82, 2.24) is 5.32 Å². The number of rotatable bonds is 8. The number of halogens is 1. The molecule has 1 aromatic rings. The molecule has 3 N–H and O–H groups in total. The first-order valence-electron chi connectivity index (χ1n) is 6.90. The first-order valence-corrected chi connectivity index (χ1v) is 8.67. The summed E-state index contributed by atoms with van der Waals surface area (Å²) in [4.78, 5) is 12.7. The van der Waals surface area contributed by atoms with Crippen LogP contribution < -0.4 is 11.1 Å². The maximum Gasteiger partial charge on any atom is 0.205 e. The van der Waals surface area contributed by atoms with Crippen molar-refractivity contribution in [3.8, 4) is 0 Å². The van der Waals surface area contributed by atoms with E-state index in [1.165, 1.54) is 11.8 Å². The number of nitrogens with one attached hydrogen (secondary N) is 1. The van der Waals surface area contributed by atoms with Gasteiger partial charge in [-0.2, -0.15) is 0 Å². The molecule has 0 amide bonds. The molecule has 0 aliphatic heterocycles. The summed E-state index contributed by atoms with van der Waals surface area (Å²) < 4.78 is 0. The summed E-state index contributed by atoms with van der Waals surface area (Å²) in [5, 5.41) is 3.84. The second kappa shape index (κ2) is 10.2. The summed E-state index contributed by atoms with van der Waals surface area (Å²) in [5.74, 6) is 0.634. The third-order valence-corrected chi connectivity index (χ3v) is 4.37. The number of unbranched alkanes of at least 4 members (excludes halogenated alkanes) is 1. The highest BCUT2D eigenvalue weighted by Gasteiger charge is 2.13. The van der Waals surface area contributed by atoms with E-state index in [0.717, 1.165) is 29.9 Å². The second-order valence-electron chi connectivity index (χ2n) is 4.82. The SMILES string of the molecule is CC(=S)NCCCCC(N)C(=O)SCc1ccc(Cl)cc1. The van der Waals surface area contributed by atoms with Crippen LogP contribution >= 0.6 is 35.6 Å². The molecule has 0 aliphatic rings. The zero-order valence-corrected chi connectivity index (χ0v) is 14.5. The van der Waals surface area contributed by atoms with Crippen molar-refractivity contribution >= 4 is 45.7 Å². The van der Waals surface area contributed by atoms with Crippen LogP contribution in [0.15, 0.2) is 24.3 Å². The van der Waals surface area contributed by atoms with Crippen molar-refractivity contribution in [2.24, 2.45) is 5.73 Å². The lowest BCUT2D eigenvalue weighted by atomic mass is 10.1.